The van der Waals surface area contributed by atoms with Crippen LogP contribution in [0.15, 0.2) is 66.0 Å². The lowest BCUT2D eigenvalue weighted by Gasteiger charge is -2.06. The average Bonchev–Trinajstić information content (AvgIpc) is 3.11. The molecule has 3 aromatic rings. The van der Waals surface area contributed by atoms with Crippen LogP contribution >= 0.6 is 0 Å². The van der Waals surface area contributed by atoms with E-state index in [9.17, 15) is 20.0 Å². The first kappa shape index (κ1) is 16.8. The predicted octanol–water partition coefficient (Wildman–Crippen LogP) is 2.25. The Morgan fingerprint density at radius 1 is 1.23 bits per heavy atom. The Hall–Kier alpha value is -4.01. The number of rotatable bonds is 5. The Morgan fingerprint density at radius 3 is 2.65 bits per heavy atom. The normalized spacial score (nSPS) is 10.8. The molecular formula is C17H13N5O4. The summed E-state index contributed by atoms with van der Waals surface area (Å²) in [5.74, 6) is -0.419. The second kappa shape index (κ2) is 7.26. The van der Waals surface area contributed by atoms with E-state index in [-0.39, 0.29) is 17.1 Å². The van der Waals surface area contributed by atoms with Crippen molar-refractivity contribution < 1.29 is 14.8 Å². The third-order valence-electron chi connectivity index (χ3n) is 3.46. The maximum Gasteiger partial charge on any atom is 0.289 e. The quantitative estimate of drug-likeness (QED) is 0.415. The molecule has 0 radical (unpaired) electrons. The van der Waals surface area contributed by atoms with Gasteiger partial charge in [0.15, 0.2) is 0 Å². The third-order valence-corrected chi connectivity index (χ3v) is 3.46. The molecule has 1 amide bonds. The van der Waals surface area contributed by atoms with Gasteiger partial charge in [0.05, 0.1) is 16.8 Å². The molecule has 0 atom stereocenters. The van der Waals surface area contributed by atoms with E-state index in [4.69, 9.17) is 0 Å². The first-order valence-corrected chi connectivity index (χ1v) is 7.45. The Labute approximate surface area is 147 Å². The van der Waals surface area contributed by atoms with Crippen LogP contribution in [0.4, 0.5) is 5.69 Å². The van der Waals surface area contributed by atoms with Crippen LogP contribution in [0.2, 0.25) is 0 Å². The molecular weight excluding hydrogens is 338 g/mol. The van der Waals surface area contributed by atoms with E-state index in [0.717, 1.165) is 11.9 Å². The number of hydrazone groups is 1. The molecule has 130 valence electrons. The molecule has 2 heterocycles. The summed E-state index contributed by atoms with van der Waals surface area (Å²) < 4.78 is 1.82. The number of carbonyl (C=O) groups excluding carboxylic acids is 1. The fourth-order valence-corrected chi connectivity index (χ4v) is 2.19. The molecule has 1 aromatic carbocycles. The number of aromatic hydroxyl groups is 1. The van der Waals surface area contributed by atoms with Gasteiger partial charge < -0.3 is 9.67 Å². The summed E-state index contributed by atoms with van der Waals surface area (Å²) in [5, 5.41) is 23.8. The highest BCUT2D eigenvalue weighted by Crippen LogP contribution is 2.15. The minimum Gasteiger partial charge on any atom is -0.508 e. The van der Waals surface area contributed by atoms with E-state index in [1.54, 1.807) is 30.3 Å². The van der Waals surface area contributed by atoms with Gasteiger partial charge in [-0.05, 0) is 42.5 Å². The molecule has 9 nitrogen and oxygen atoms in total. The summed E-state index contributed by atoms with van der Waals surface area (Å²) in [7, 11) is 0. The Balaban J connectivity index is 1.69. The largest absolute Gasteiger partial charge is 0.508 e. The van der Waals surface area contributed by atoms with Gasteiger partial charge in [-0.2, -0.15) is 5.10 Å². The molecule has 0 saturated heterocycles. The molecule has 2 N–H and O–H groups in total. The molecule has 26 heavy (non-hydrogen) atoms. The van der Waals surface area contributed by atoms with E-state index in [2.05, 4.69) is 15.5 Å². The predicted molar refractivity (Wildman–Crippen MR) is 93.4 cm³/mol. The number of phenols is 1. The zero-order valence-corrected chi connectivity index (χ0v) is 13.3. The van der Waals surface area contributed by atoms with Crippen molar-refractivity contribution in [2.75, 3.05) is 0 Å². The topological polar surface area (TPSA) is 123 Å². The average molecular weight is 351 g/mol. The van der Waals surface area contributed by atoms with Crippen molar-refractivity contribution in [1.29, 1.82) is 0 Å². The highest BCUT2D eigenvalue weighted by molar-refractivity contribution is 5.93. The summed E-state index contributed by atoms with van der Waals surface area (Å²) in [4.78, 5) is 25.7. The second-order valence-corrected chi connectivity index (χ2v) is 5.18. The van der Waals surface area contributed by atoms with Crippen LogP contribution in [0.1, 0.15) is 16.2 Å². The monoisotopic (exact) mass is 351 g/mol. The molecule has 0 fully saturated rings. The van der Waals surface area contributed by atoms with E-state index in [1.807, 2.05) is 16.8 Å². The molecule has 3 rings (SSSR count). The van der Waals surface area contributed by atoms with Gasteiger partial charge in [-0.15, -0.1) is 0 Å². The van der Waals surface area contributed by atoms with Crippen molar-refractivity contribution in [2.24, 2.45) is 5.10 Å². The van der Waals surface area contributed by atoms with Crippen LogP contribution in [0.5, 0.6) is 5.75 Å². The van der Waals surface area contributed by atoms with Crippen LogP contribution < -0.4 is 5.43 Å². The summed E-state index contributed by atoms with van der Waals surface area (Å²) in [6.07, 6.45) is 4.28. The number of hydrogen-bond acceptors (Lipinski definition) is 6. The number of nitro groups is 1. The molecule has 2 aromatic heterocycles. The van der Waals surface area contributed by atoms with Crippen LogP contribution in [-0.2, 0) is 0 Å². The Bertz CT molecular complexity index is 962. The zero-order valence-electron chi connectivity index (χ0n) is 13.3. The van der Waals surface area contributed by atoms with Gasteiger partial charge in [-0.25, -0.2) is 10.4 Å². The lowest BCUT2D eigenvalue weighted by Crippen LogP contribution is -2.19. The van der Waals surface area contributed by atoms with Gasteiger partial charge in [0.1, 0.15) is 17.6 Å². The standard InChI is InChI=1S/C17H13N5O4/c23-15-6-3-12(4-7-15)21-9-1-2-13(21)11-19-20-17(24)16-8-5-14(10-18-16)22(25)26/h1-11,23H,(H,20,24)/b19-11-. The molecule has 0 aliphatic carbocycles. The van der Waals surface area contributed by atoms with Gasteiger partial charge in [0.25, 0.3) is 11.6 Å². The Morgan fingerprint density at radius 2 is 2.00 bits per heavy atom. The number of nitrogens with zero attached hydrogens (tertiary/aromatic N) is 4. The fraction of sp³-hybridized carbons (Fsp3) is 0. The summed E-state index contributed by atoms with van der Waals surface area (Å²) >= 11 is 0. The summed E-state index contributed by atoms with van der Waals surface area (Å²) in [5.41, 5.74) is 3.66. The van der Waals surface area contributed by atoms with Crippen molar-refractivity contribution in [3.63, 3.8) is 0 Å². The number of phenolic OH excluding ortho intramolecular Hbond substituents is 1. The first-order valence-electron chi connectivity index (χ1n) is 7.45. The number of carbonyl (C=O) groups is 1. The van der Waals surface area contributed by atoms with E-state index in [1.165, 1.54) is 18.3 Å². The van der Waals surface area contributed by atoms with Crippen molar-refractivity contribution >= 4 is 17.8 Å². The van der Waals surface area contributed by atoms with Crippen molar-refractivity contribution in [2.45, 2.75) is 0 Å². The fourth-order valence-electron chi connectivity index (χ4n) is 2.19. The number of pyridine rings is 1. The third kappa shape index (κ3) is 3.73. The molecule has 0 unspecified atom stereocenters. The number of aromatic nitrogens is 2. The summed E-state index contributed by atoms with van der Waals surface area (Å²) in [6.45, 7) is 0. The van der Waals surface area contributed by atoms with Crippen molar-refractivity contribution in [3.8, 4) is 11.4 Å². The van der Waals surface area contributed by atoms with E-state index in [0.29, 0.717) is 5.69 Å². The van der Waals surface area contributed by atoms with Crippen molar-refractivity contribution in [3.05, 3.63) is 82.4 Å². The molecule has 0 aliphatic rings. The highest BCUT2D eigenvalue weighted by Gasteiger charge is 2.10. The SMILES string of the molecule is O=C(N/N=C\c1cccn1-c1ccc(O)cc1)c1ccc([N+](=O)[O-])cn1. The smallest absolute Gasteiger partial charge is 0.289 e. The van der Waals surface area contributed by atoms with E-state index >= 15 is 0 Å². The Kier molecular flexibility index (Phi) is 4.70. The molecule has 0 bridgehead atoms. The van der Waals surface area contributed by atoms with Crippen LogP contribution in [0.3, 0.4) is 0 Å². The maximum absolute atomic E-state index is 12.0. The molecule has 0 aliphatic heterocycles. The maximum atomic E-state index is 12.0. The number of nitrogens with one attached hydrogen (secondary N) is 1. The van der Waals surface area contributed by atoms with Crippen LogP contribution in [-0.4, -0.2) is 31.7 Å². The van der Waals surface area contributed by atoms with Gasteiger partial charge >= 0.3 is 0 Å². The lowest BCUT2D eigenvalue weighted by atomic mass is 10.3. The second-order valence-electron chi connectivity index (χ2n) is 5.18. The highest BCUT2D eigenvalue weighted by atomic mass is 16.6. The first-order chi connectivity index (χ1) is 12.5. The zero-order chi connectivity index (χ0) is 18.5. The van der Waals surface area contributed by atoms with Crippen LogP contribution in [0.25, 0.3) is 5.69 Å². The molecule has 9 heteroatoms. The number of benzene rings is 1. The van der Waals surface area contributed by atoms with Crippen molar-refractivity contribution in [1.82, 2.24) is 15.0 Å². The molecule has 0 spiro atoms. The number of hydrogen-bond donors (Lipinski definition) is 2. The van der Waals surface area contributed by atoms with Gasteiger partial charge in [0, 0.05) is 18.0 Å². The van der Waals surface area contributed by atoms with Gasteiger partial charge in [-0.3, -0.25) is 14.9 Å². The lowest BCUT2D eigenvalue weighted by molar-refractivity contribution is -0.385. The van der Waals surface area contributed by atoms with Crippen LogP contribution in [0, 0.1) is 10.1 Å². The molecule has 0 saturated carbocycles. The number of amides is 1. The van der Waals surface area contributed by atoms with Gasteiger partial charge in [0.2, 0.25) is 0 Å². The minimum absolute atomic E-state index is 0.0154. The van der Waals surface area contributed by atoms with E-state index < -0.39 is 10.8 Å². The minimum atomic E-state index is -0.593. The summed E-state index contributed by atoms with van der Waals surface area (Å²) in [6, 6.07) is 12.7. The van der Waals surface area contributed by atoms with Gasteiger partial charge in [-0.1, -0.05) is 0 Å².